The average molecular weight is 387 g/mol. The van der Waals surface area contributed by atoms with Gasteiger partial charge in [-0.1, -0.05) is 30.3 Å². The monoisotopic (exact) mass is 387 g/mol. The van der Waals surface area contributed by atoms with E-state index in [0.29, 0.717) is 29.4 Å². The highest BCUT2D eigenvalue weighted by Gasteiger charge is 2.10. The molecule has 0 fully saturated rings. The molecule has 0 amide bonds. The third-order valence-corrected chi connectivity index (χ3v) is 4.42. The van der Waals surface area contributed by atoms with E-state index in [1.165, 1.54) is 4.68 Å². The normalized spacial score (nSPS) is 10.7. The first kappa shape index (κ1) is 19.9. The Morgan fingerprint density at radius 3 is 2.55 bits per heavy atom. The van der Waals surface area contributed by atoms with E-state index in [2.05, 4.69) is 5.10 Å². The number of nitrogens with zero attached hydrogens (tertiary/aromatic N) is 3. The highest BCUT2D eigenvalue weighted by Crippen LogP contribution is 2.28. The first-order valence-corrected chi connectivity index (χ1v) is 9.06. The first-order valence-electron chi connectivity index (χ1n) is 9.06. The van der Waals surface area contributed by atoms with Gasteiger partial charge in [-0.05, 0) is 54.8 Å². The van der Waals surface area contributed by atoms with E-state index in [0.717, 1.165) is 11.1 Å². The number of methoxy groups -OCH3 is 1. The molecule has 0 bridgehead atoms. The lowest BCUT2D eigenvalue weighted by molar-refractivity contribution is 0.284. The van der Waals surface area contributed by atoms with Crippen molar-refractivity contribution in [3.8, 4) is 17.6 Å². The van der Waals surface area contributed by atoms with Crippen LogP contribution in [0, 0.1) is 25.2 Å². The van der Waals surface area contributed by atoms with Crippen LogP contribution in [0.25, 0.3) is 0 Å². The van der Waals surface area contributed by atoms with Crippen LogP contribution in [0.3, 0.4) is 0 Å². The maximum Gasteiger partial charge on any atom is 0.289 e. The van der Waals surface area contributed by atoms with Crippen LogP contribution in [0.1, 0.15) is 27.9 Å². The highest BCUT2D eigenvalue weighted by atomic mass is 16.5. The molecule has 0 N–H and O–H groups in total. The van der Waals surface area contributed by atoms with E-state index in [4.69, 9.17) is 9.47 Å². The molecule has 0 saturated heterocycles. The Labute approximate surface area is 169 Å². The Kier molecular flexibility index (Phi) is 6.10. The lowest BCUT2D eigenvalue weighted by Crippen LogP contribution is -2.22. The van der Waals surface area contributed by atoms with Gasteiger partial charge >= 0.3 is 0 Å². The van der Waals surface area contributed by atoms with Crippen LogP contribution in [0.4, 0.5) is 0 Å². The smallest absolute Gasteiger partial charge is 0.289 e. The summed E-state index contributed by atoms with van der Waals surface area (Å²) < 4.78 is 12.5. The Balaban J connectivity index is 1.89. The van der Waals surface area contributed by atoms with Gasteiger partial charge in [0.25, 0.3) is 5.56 Å². The zero-order valence-corrected chi connectivity index (χ0v) is 16.5. The van der Waals surface area contributed by atoms with Gasteiger partial charge in [-0.2, -0.15) is 10.4 Å². The molecule has 29 heavy (non-hydrogen) atoms. The standard InChI is InChI=1S/C23H21N3O3/c1-16-11-17(2)26(23(27)20(16)13-24)25-14-19-9-10-21(28-3)22(12-19)29-15-18-7-5-4-6-8-18/h4-12,14H,15H2,1-3H3/b25-14-. The highest BCUT2D eigenvalue weighted by molar-refractivity contribution is 5.80. The Morgan fingerprint density at radius 1 is 1.10 bits per heavy atom. The van der Waals surface area contributed by atoms with E-state index >= 15 is 0 Å². The molecular formula is C23H21N3O3. The topological polar surface area (TPSA) is 76.6 Å². The second-order valence-electron chi connectivity index (χ2n) is 6.50. The SMILES string of the molecule is COc1ccc(/C=N\n2c(C)cc(C)c(C#N)c2=O)cc1OCc1ccccc1. The summed E-state index contributed by atoms with van der Waals surface area (Å²) in [5.41, 5.74) is 2.72. The fourth-order valence-corrected chi connectivity index (χ4v) is 2.91. The summed E-state index contributed by atoms with van der Waals surface area (Å²) in [4.78, 5) is 12.5. The lowest BCUT2D eigenvalue weighted by atomic mass is 10.1. The number of hydrogen-bond acceptors (Lipinski definition) is 5. The van der Waals surface area contributed by atoms with Crippen molar-refractivity contribution < 1.29 is 9.47 Å². The molecule has 6 nitrogen and oxygen atoms in total. The minimum atomic E-state index is -0.435. The number of aromatic nitrogens is 1. The van der Waals surface area contributed by atoms with Gasteiger partial charge in [0.15, 0.2) is 11.5 Å². The van der Waals surface area contributed by atoms with Crippen LogP contribution in [-0.2, 0) is 6.61 Å². The molecule has 0 aliphatic rings. The number of rotatable bonds is 6. The van der Waals surface area contributed by atoms with Crippen molar-refractivity contribution in [2.24, 2.45) is 5.10 Å². The average Bonchev–Trinajstić information content (AvgIpc) is 2.73. The number of ether oxygens (including phenoxy) is 2. The van der Waals surface area contributed by atoms with Gasteiger partial charge < -0.3 is 9.47 Å². The molecule has 6 heteroatoms. The zero-order valence-electron chi connectivity index (χ0n) is 16.5. The summed E-state index contributed by atoms with van der Waals surface area (Å²) in [5.74, 6) is 1.18. The predicted molar refractivity (Wildman–Crippen MR) is 112 cm³/mol. The largest absolute Gasteiger partial charge is 0.493 e. The molecule has 0 radical (unpaired) electrons. The van der Waals surface area contributed by atoms with Crippen LogP contribution in [0.5, 0.6) is 11.5 Å². The Hall–Kier alpha value is -3.85. The van der Waals surface area contributed by atoms with Crippen LogP contribution in [0.15, 0.2) is 64.5 Å². The van der Waals surface area contributed by atoms with Gasteiger partial charge in [-0.3, -0.25) is 4.79 Å². The molecule has 146 valence electrons. The van der Waals surface area contributed by atoms with Crippen molar-refractivity contribution in [3.05, 3.63) is 92.9 Å². The number of aryl methyl sites for hydroxylation is 2. The second-order valence-corrected chi connectivity index (χ2v) is 6.50. The van der Waals surface area contributed by atoms with E-state index in [9.17, 15) is 10.1 Å². The molecule has 0 aliphatic heterocycles. The Bertz CT molecular complexity index is 1140. The van der Waals surface area contributed by atoms with Crippen LogP contribution < -0.4 is 15.0 Å². The maximum absolute atomic E-state index is 12.5. The lowest BCUT2D eigenvalue weighted by Gasteiger charge is -2.11. The summed E-state index contributed by atoms with van der Waals surface area (Å²) in [5, 5.41) is 13.5. The van der Waals surface area contributed by atoms with Crippen LogP contribution in [0.2, 0.25) is 0 Å². The quantitative estimate of drug-likeness (QED) is 0.603. The third kappa shape index (κ3) is 4.53. The van der Waals surface area contributed by atoms with Crippen molar-refractivity contribution in [2.75, 3.05) is 7.11 Å². The first-order chi connectivity index (χ1) is 14.0. The zero-order chi connectivity index (χ0) is 20.8. The van der Waals surface area contributed by atoms with Crippen molar-refractivity contribution in [2.45, 2.75) is 20.5 Å². The molecule has 1 aromatic heterocycles. The second kappa shape index (κ2) is 8.89. The molecule has 0 aliphatic carbocycles. The molecule has 2 aromatic carbocycles. The van der Waals surface area contributed by atoms with Crippen LogP contribution in [-0.4, -0.2) is 18.0 Å². The Morgan fingerprint density at radius 2 is 1.86 bits per heavy atom. The summed E-state index contributed by atoms with van der Waals surface area (Å²) in [6.07, 6.45) is 1.56. The number of benzene rings is 2. The minimum Gasteiger partial charge on any atom is -0.493 e. The van der Waals surface area contributed by atoms with Gasteiger partial charge in [0.2, 0.25) is 0 Å². The molecule has 0 saturated carbocycles. The summed E-state index contributed by atoms with van der Waals surface area (Å²) in [6, 6.07) is 18.9. The molecule has 1 heterocycles. The molecule has 0 unspecified atom stereocenters. The maximum atomic E-state index is 12.5. The molecular weight excluding hydrogens is 366 g/mol. The molecule has 3 rings (SSSR count). The van der Waals surface area contributed by atoms with Gasteiger partial charge in [0, 0.05) is 5.69 Å². The summed E-state index contributed by atoms with van der Waals surface area (Å²) in [6.45, 7) is 3.91. The predicted octanol–water partition coefficient (Wildman–Crippen LogP) is 3.81. The van der Waals surface area contributed by atoms with E-state index < -0.39 is 5.56 Å². The van der Waals surface area contributed by atoms with Crippen LogP contribution >= 0.6 is 0 Å². The van der Waals surface area contributed by atoms with Gasteiger partial charge in [-0.15, -0.1) is 0 Å². The summed E-state index contributed by atoms with van der Waals surface area (Å²) >= 11 is 0. The van der Waals surface area contributed by atoms with Gasteiger partial charge in [-0.25, -0.2) is 4.68 Å². The van der Waals surface area contributed by atoms with Gasteiger partial charge in [0.1, 0.15) is 18.2 Å². The fourth-order valence-electron chi connectivity index (χ4n) is 2.91. The van der Waals surface area contributed by atoms with Gasteiger partial charge in [0.05, 0.1) is 13.3 Å². The molecule has 0 atom stereocenters. The molecule has 0 spiro atoms. The number of hydrogen-bond donors (Lipinski definition) is 0. The van der Waals surface area contributed by atoms with E-state index in [-0.39, 0.29) is 5.56 Å². The van der Waals surface area contributed by atoms with E-state index in [1.807, 2.05) is 42.5 Å². The van der Waals surface area contributed by atoms with Crippen molar-refractivity contribution in [3.63, 3.8) is 0 Å². The fraction of sp³-hybridized carbons (Fsp3) is 0.174. The van der Waals surface area contributed by atoms with Crippen molar-refractivity contribution in [1.29, 1.82) is 5.26 Å². The minimum absolute atomic E-state index is 0.0920. The number of nitriles is 1. The van der Waals surface area contributed by atoms with Crippen molar-refractivity contribution >= 4 is 6.21 Å². The van der Waals surface area contributed by atoms with E-state index in [1.54, 1.807) is 45.4 Å². The summed E-state index contributed by atoms with van der Waals surface area (Å²) in [7, 11) is 1.58. The number of pyridine rings is 1. The van der Waals surface area contributed by atoms with Crippen molar-refractivity contribution in [1.82, 2.24) is 4.68 Å². The third-order valence-electron chi connectivity index (χ3n) is 4.42. The molecule has 3 aromatic rings.